The van der Waals surface area contributed by atoms with Crippen LogP contribution in [0, 0.1) is 5.92 Å². The molecule has 0 atom stereocenters. The van der Waals surface area contributed by atoms with Gasteiger partial charge in [0.15, 0.2) is 6.61 Å². The Hall–Kier alpha value is -1.46. The van der Waals surface area contributed by atoms with Crippen LogP contribution in [0.25, 0.3) is 0 Å². The van der Waals surface area contributed by atoms with Gasteiger partial charge < -0.3 is 15.2 Å². The highest BCUT2D eigenvalue weighted by Crippen LogP contribution is 2.28. The molecule has 22 heavy (non-hydrogen) atoms. The minimum absolute atomic E-state index is 0.00142. The lowest BCUT2D eigenvalue weighted by Gasteiger charge is -2.26. The summed E-state index contributed by atoms with van der Waals surface area (Å²) in [6, 6.07) is 4.79. The fourth-order valence-electron chi connectivity index (χ4n) is 2.49. The van der Waals surface area contributed by atoms with Crippen LogP contribution in [0.15, 0.2) is 18.2 Å². The molecular formula is C15H17Cl2NO4. The predicted molar refractivity (Wildman–Crippen MR) is 83.5 cm³/mol. The van der Waals surface area contributed by atoms with Crippen LogP contribution in [0.5, 0.6) is 5.75 Å². The molecule has 1 aliphatic carbocycles. The molecule has 0 spiro atoms. The second-order valence-corrected chi connectivity index (χ2v) is 6.16. The van der Waals surface area contributed by atoms with Crippen LogP contribution in [0.2, 0.25) is 10.0 Å². The molecule has 0 heterocycles. The molecule has 2 N–H and O–H groups in total. The van der Waals surface area contributed by atoms with Gasteiger partial charge in [-0.3, -0.25) is 9.59 Å². The van der Waals surface area contributed by atoms with Crippen molar-refractivity contribution >= 4 is 35.1 Å². The molecule has 2 rings (SSSR count). The molecule has 1 aromatic rings. The third kappa shape index (κ3) is 4.78. The average Bonchev–Trinajstić information content (AvgIpc) is 2.49. The number of amides is 1. The normalized spacial score (nSPS) is 21.2. The van der Waals surface area contributed by atoms with Gasteiger partial charge in [0, 0.05) is 17.1 Å². The van der Waals surface area contributed by atoms with Crippen LogP contribution in [0.3, 0.4) is 0 Å². The van der Waals surface area contributed by atoms with E-state index < -0.39 is 5.97 Å². The summed E-state index contributed by atoms with van der Waals surface area (Å²) < 4.78 is 5.36. The molecule has 0 unspecified atom stereocenters. The van der Waals surface area contributed by atoms with Crippen molar-refractivity contribution in [2.24, 2.45) is 5.92 Å². The van der Waals surface area contributed by atoms with E-state index in [4.69, 9.17) is 33.0 Å². The third-order valence-corrected chi connectivity index (χ3v) is 4.24. The van der Waals surface area contributed by atoms with E-state index in [1.807, 2.05) is 0 Å². The van der Waals surface area contributed by atoms with Crippen molar-refractivity contribution in [3.8, 4) is 5.75 Å². The number of aliphatic carboxylic acids is 1. The highest BCUT2D eigenvalue weighted by molar-refractivity contribution is 6.34. The van der Waals surface area contributed by atoms with E-state index in [1.54, 1.807) is 18.2 Å². The van der Waals surface area contributed by atoms with Crippen LogP contribution in [0.4, 0.5) is 0 Å². The molecule has 0 aromatic heterocycles. The van der Waals surface area contributed by atoms with E-state index in [-0.39, 0.29) is 24.5 Å². The molecule has 1 aliphatic rings. The van der Waals surface area contributed by atoms with Crippen molar-refractivity contribution in [2.45, 2.75) is 31.7 Å². The number of nitrogens with one attached hydrogen (secondary N) is 1. The van der Waals surface area contributed by atoms with Crippen molar-refractivity contribution in [1.29, 1.82) is 0 Å². The zero-order valence-electron chi connectivity index (χ0n) is 11.9. The molecule has 1 amide bonds. The number of benzene rings is 1. The zero-order chi connectivity index (χ0) is 16.1. The van der Waals surface area contributed by atoms with Gasteiger partial charge in [0.25, 0.3) is 5.91 Å². The number of hydrogen-bond donors (Lipinski definition) is 2. The van der Waals surface area contributed by atoms with E-state index in [1.165, 1.54) is 0 Å². The summed E-state index contributed by atoms with van der Waals surface area (Å²) in [4.78, 5) is 22.7. The monoisotopic (exact) mass is 345 g/mol. The van der Waals surface area contributed by atoms with Crippen LogP contribution in [0.1, 0.15) is 25.7 Å². The van der Waals surface area contributed by atoms with Crippen molar-refractivity contribution < 1.29 is 19.4 Å². The minimum Gasteiger partial charge on any atom is -0.482 e. The number of carboxylic acid groups (broad SMARTS) is 1. The van der Waals surface area contributed by atoms with Crippen molar-refractivity contribution in [1.82, 2.24) is 5.32 Å². The quantitative estimate of drug-likeness (QED) is 0.859. The first kappa shape index (κ1) is 16.9. The van der Waals surface area contributed by atoms with E-state index in [2.05, 4.69) is 5.32 Å². The number of ether oxygens (including phenoxy) is 1. The fraction of sp³-hybridized carbons (Fsp3) is 0.467. The Balaban J connectivity index is 1.77. The number of carbonyl (C=O) groups excluding carboxylic acids is 1. The summed E-state index contributed by atoms with van der Waals surface area (Å²) in [7, 11) is 0. The lowest BCUT2D eigenvalue weighted by atomic mass is 9.86. The Labute approximate surface area is 138 Å². The van der Waals surface area contributed by atoms with Crippen LogP contribution in [-0.4, -0.2) is 29.6 Å². The molecule has 1 saturated carbocycles. The van der Waals surface area contributed by atoms with E-state index in [0.29, 0.717) is 41.5 Å². The number of carboxylic acids is 1. The second-order valence-electron chi connectivity index (χ2n) is 5.32. The summed E-state index contributed by atoms with van der Waals surface area (Å²) in [6.07, 6.45) is 2.50. The Morgan fingerprint density at radius 2 is 1.91 bits per heavy atom. The number of carbonyl (C=O) groups is 2. The standard InChI is InChI=1S/C15H17Cl2NO4/c16-10-3-6-12(17)13(7-10)22-8-14(19)18-11-4-1-9(2-5-11)15(20)21/h3,6-7,9,11H,1-2,4-5,8H2,(H,18,19)(H,20,21). The molecule has 120 valence electrons. The highest BCUT2D eigenvalue weighted by Gasteiger charge is 2.26. The molecular weight excluding hydrogens is 329 g/mol. The van der Waals surface area contributed by atoms with Gasteiger partial charge in [-0.1, -0.05) is 23.2 Å². The molecule has 0 aliphatic heterocycles. The maximum Gasteiger partial charge on any atom is 0.306 e. The number of rotatable bonds is 5. The van der Waals surface area contributed by atoms with Crippen molar-refractivity contribution in [3.63, 3.8) is 0 Å². The lowest BCUT2D eigenvalue weighted by molar-refractivity contribution is -0.142. The van der Waals surface area contributed by atoms with E-state index in [0.717, 1.165) is 0 Å². The molecule has 0 bridgehead atoms. The lowest BCUT2D eigenvalue weighted by Crippen LogP contribution is -2.40. The first-order valence-corrected chi connectivity index (χ1v) is 7.81. The average molecular weight is 346 g/mol. The summed E-state index contributed by atoms with van der Waals surface area (Å²) >= 11 is 11.8. The maximum absolute atomic E-state index is 11.9. The van der Waals surface area contributed by atoms with Gasteiger partial charge in [-0.2, -0.15) is 0 Å². The molecule has 7 heteroatoms. The largest absolute Gasteiger partial charge is 0.482 e. The van der Waals surface area contributed by atoms with Gasteiger partial charge in [-0.05, 0) is 37.8 Å². The smallest absolute Gasteiger partial charge is 0.306 e. The van der Waals surface area contributed by atoms with Crippen molar-refractivity contribution in [2.75, 3.05) is 6.61 Å². The minimum atomic E-state index is -0.760. The van der Waals surface area contributed by atoms with Crippen LogP contribution < -0.4 is 10.1 Å². The Bertz CT molecular complexity index is 556. The molecule has 1 aromatic carbocycles. The van der Waals surface area contributed by atoms with Gasteiger partial charge in [-0.25, -0.2) is 0 Å². The predicted octanol–water partition coefficient (Wildman–Crippen LogP) is 3.13. The fourth-order valence-corrected chi connectivity index (χ4v) is 2.82. The zero-order valence-corrected chi connectivity index (χ0v) is 13.4. The summed E-state index contributed by atoms with van der Waals surface area (Å²) in [5, 5.41) is 12.7. The van der Waals surface area contributed by atoms with Gasteiger partial charge in [0.2, 0.25) is 0 Å². The molecule has 1 fully saturated rings. The first-order valence-electron chi connectivity index (χ1n) is 7.05. The van der Waals surface area contributed by atoms with Gasteiger partial charge >= 0.3 is 5.97 Å². The van der Waals surface area contributed by atoms with E-state index >= 15 is 0 Å². The van der Waals surface area contributed by atoms with Gasteiger partial charge in [0.05, 0.1) is 10.9 Å². The Morgan fingerprint density at radius 3 is 2.55 bits per heavy atom. The Kier molecular flexibility index (Phi) is 5.91. The third-order valence-electron chi connectivity index (χ3n) is 3.69. The molecule has 5 nitrogen and oxygen atoms in total. The summed E-state index contributed by atoms with van der Waals surface area (Å²) in [5.74, 6) is -0.952. The SMILES string of the molecule is O=C(COc1cc(Cl)ccc1Cl)NC1CCC(C(=O)O)CC1. The summed E-state index contributed by atoms with van der Waals surface area (Å²) in [5.41, 5.74) is 0. The summed E-state index contributed by atoms with van der Waals surface area (Å²) in [6.45, 7) is -0.154. The van der Waals surface area contributed by atoms with Crippen LogP contribution in [-0.2, 0) is 9.59 Å². The second kappa shape index (κ2) is 7.70. The highest BCUT2D eigenvalue weighted by atomic mass is 35.5. The van der Waals surface area contributed by atoms with Gasteiger partial charge in [-0.15, -0.1) is 0 Å². The number of halogens is 2. The molecule has 0 radical (unpaired) electrons. The van der Waals surface area contributed by atoms with Gasteiger partial charge in [0.1, 0.15) is 5.75 Å². The molecule has 0 saturated heterocycles. The Morgan fingerprint density at radius 1 is 1.23 bits per heavy atom. The van der Waals surface area contributed by atoms with Crippen LogP contribution >= 0.6 is 23.2 Å². The van der Waals surface area contributed by atoms with Crippen molar-refractivity contribution in [3.05, 3.63) is 28.2 Å². The first-order chi connectivity index (χ1) is 10.5. The topological polar surface area (TPSA) is 75.6 Å². The number of hydrogen-bond acceptors (Lipinski definition) is 3. The maximum atomic E-state index is 11.9. The van der Waals surface area contributed by atoms with E-state index in [9.17, 15) is 9.59 Å².